The molecule has 2 N–H and O–H groups in total. The smallest absolute Gasteiger partial charge is 0.191 e. The molecule has 7 heteroatoms. The number of hydrogen-bond donors (Lipinski definition) is 2. The van der Waals surface area contributed by atoms with E-state index in [1.165, 1.54) is 4.88 Å². The van der Waals surface area contributed by atoms with Crippen molar-refractivity contribution in [2.75, 3.05) is 13.6 Å². The van der Waals surface area contributed by atoms with Gasteiger partial charge in [0.2, 0.25) is 0 Å². The average molecular weight is 367 g/mol. The molecule has 1 heterocycles. The third-order valence-electron chi connectivity index (χ3n) is 3.43. The van der Waals surface area contributed by atoms with Crippen molar-refractivity contribution in [1.29, 1.82) is 0 Å². The number of aliphatic imine (C=N–C) groups is 1. The van der Waals surface area contributed by atoms with Crippen molar-refractivity contribution < 1.29 is 4.74 Å². The molecule has 0 radical (unpaired) electrons. The van der Waals surface area contributed by atoms with E-state index in [4.69, 9.17) is 16.3 Å². The number of halogens is 1. The highest BCUT2D eigenvalue weighted by Crippen LogP contribution is 2.24. The maximum atomic E-state index is 6.10. The molecule has 0 aliphatic carbocycles. The van der Waals surface area contributed by atoms with Crippen LogP contribution < -0.4 is 15.4 Å². The molecule has 0 aliphatic heterocycles. The zero-order valence-electron chi connectivity index (χ0n) is 14.4. The van der Waals surface area contributed by atoms with Crippen LogP contribution in [0.1, 0.15) is 22.5 Å². The van der Waals surface area contributed by atoms with Gasteiger partial charge in [-0.2, -0.15) is 0 Å². The van der Waals surface area contributed by atoms with E-state index >= 15 is 0 Å². The summed E-state index contributed by atoms with van der Waals surface area (Å²) in [6.07, 6.45) is -0.0483. The minimum atomic E-state index is -0.0483. The molecular weight excluding hydrogens is 344 g/mol. The maximum Gasteiger partial charge on any atom is 0.191 e. The van der Waals surface area contributed by atoms with Crippen LogP contribution in [0.15, 0.2) is 29.3 Å². The highest BCUT2D eigenvalue weighted by molar-refractivity contribution is 7.11. The highest BCUT2D eigenvalue weighted by atomic mass is 35.5. The van der Waals surface area contributed by atoms with Gasteiger partial charge < -0.3 is 15.4 Å². The van der Waals surface area contributed by atoms with Crippen LogP contribution in [-0.2, 0) is 6.54 Å². The Labute approximate surface area is 152 Å². The molecule has 1 aromatic carbocycles. The largest absolute Gasteiger partial charge is 0.487 e. The number of aryl methyl sites for hydroxylation is 2. The van der Waals surface area contributed by atoms with Crippen molar-refractivity contribution in [3.63, 3.8) is 0 Å². The Morgan fingerprint density at radius 1 is 1.33 bits per heavy atom. The lowest BCUT2D eigenvalue weighted by Gasteiger charge is -2.18. The number of rotatable bonds is 6. The van der Waals surface area contributed by atoms with Crippen molar-refractivity contribution >= 4 is 28.9 Å². The van der Waals surface area contributed by atoms with Crippen LogP contribution in [0.25, 0.3) is 0 Å². The first-order valence-electron chi connectivity index (χ1n) is 7.78. The van der Waals surface area contributed by atoms with Gasteiger partial charge in [0.15, 0.2) is 5.96 Å². The van der Waals surface area contributed by atoms with Gasteiger partial charge in [0, 0.05) is 11.9 Å². The molecule has 0 saturated carbocycles. The summed E-state index contributed by atoms with van der Waals surface area (Å²) in [6, 6.07) is 7.46. The molecule has 2 rings (SSSR count). The Kier molecular flexibility index (Phi) is 6.87. The zero-order chi connectivity index (χ0) is 17.5. The highest BCUT2D eigenvalue weighted by Gasteiger charge is 2.09. The van der Waals surface area contributed by atoms with Crippen molar-refractivity contribution in [2.45, 2.75) is 33.4 Å². The lowest BCUT2D eigenvalue weighted by atomic mass is 10.3. The molecular formula is C17H23ClN4OS. The van der Waals surface area contributed by atoms with E-state index < -0.39 is 0 Å². The lowest BCUT2D eigenvalue weighted by Crippen LogP contribution is -2.41. The molecule has 1 atom stereocenters. The van der Waals surface area contributed by atoms with E-state index in [-0.39, 0.29) is 6.10 Å². The quantitative estimate of drug-likeness (QED) is 0.606. The number of nitrogens with one attached hydrogen (secondary N) is 2. The number of nitrogens with zero attached hydrogens (tertiary/aromatic N) is 2. The van der Waals surface area contributed by atoms with Crippen LogP contribution in [0.5, 0.6) is 5.75 Å². The molecule has 0 fully saturated rings. The van der Waals surface area contributed by atoms with Gasteiger partial charge in [0.1, 0.15) is 16.9 Å². The minimum absolute atomic E-state index is 0.0483. The second-order valence-electron chi connectivity index (χ2n) is 5.41. The summed E-state index contributed by atoms with van der Waals surface area (Å²) in [5, 5.41) is 8.17. The molecule has 1 unspecified atom stereocenters. The monoisotopic (exact) mass is 366 g/mol. The molecule has 0 saturated heterocycles. The van der Waals surface area contributed by atoms with Crippen LogP contribution >= 0.6 is 22.9 Å². The second kappa shape index (κ2) is 8.89. The number of thiazole rings is 1. The zero-order valence-corrected chi connectivity index (χ0v) is 16.0. The van der Waals surface area contributed by atoms with Crippen LogP contribution in [-0.4, -0.2) is 30.6 Å². The Morgan fingerprint density at radius 3 is 2.71 bits per heavy atom. The predicted octanol–water partition coefficient (Wildman–Crippen LogP) is 3.55. The van der Waals surface area contributed by atoms with Gasteiger partial charge in [-0.3, -0.25) is 4.99 Å². The summed E-state index contributed by atoms with van der Waals surface area (Å²) in [5.74, 6) is 1.40. The maximum absolute atomic E-state index is 6.10. The molecule has 5 nitrogen and oxygen atoms in total. The van der Waals surface area contributed by atoms with Crippen LogP contribution in [0.2, 0.25) is 5.02 Å². The number of hydrogen-bond acceptors (Lipinski definition) is 4. The molecule has 2 aromatic rings. The van der Waals surface area contributed by atoms with Crippen LogP contribution in [0, 0.1) is 13.8 Å². The van der Waals surface area contributed by atoms with Gasteiger partial charge in [-0.25, -0.2) is 4.98 Å². The number of guanidine groups is 1. The second-order valence-corrected chi connectivity index (χ2v) is 7.11. The summed E-state index contributed by atoms with van der Waals surface area (Å²) in [7, 11) is 1.74. The molecule has 130 valence electrons. The SMILES string of the molecule is CN=C(NCc1nc(C)c(C)s1)NCC(C)Oc1ccccc1Cl. The fourth-order valence-corrected chi connectivity index (χ4v) is 3.09. The van der Waals surface area contributed by atoms with Gasteiger partial charge >= 0.3 is 0 Å². The summed E-state index contributed by atoms with van der Waals surface area (Å²) < 4.78 is 5.83. The normalized spacial score (nSPS) is 12.8. The topological polar surface area (TPSA) is 58.5 Å². The summed E-state index contributed by atoms with van der Waals surface area (Å²) in [5.41, 5.74) is 1.08. The Balaban J connectivity index is 1.79. The van der Waals surface area contributed by atoms with E-state index in [0.717, 1.165) is 16.7 Å². The van der Waals surface area contributed by atoms with Crippen molar-refractivity contribution in [3.8, 4) is 5.75 Å². The number of aromatic nitrogens is 1. The summed E-state index contributed by atoms with van der Waals surface area (Å²) in [6.45, 7) is 7.35. The predicted molar refractivity (Wildman–Crippen MR) is 101 cm³/mol. The fourth-order valence-electron chi connectivity index (χ4n) is 2.03. The summed E-state index contributed by atoms with van der Waals surface area (Å²) in [4.78, 5) is 9.98. The minimum Gasteiger partial charge on any atom is -0.487 e. The average Bonchev–Trinajstić information content (AvgIpc) is 2.88. The Morgan fingerprint density at radius 2 is 2.08 bits per heavy atom. The van der Waals surface area contributed by atoms with Crippen LogP contribution in [0.4, 0.5) is 0 Å². The third-order valence-corrected chi connectivity index (χ3v) is 4.81. The van der Waals surface area contributed by atoms with Crippen molar-refractivity contribution in [1.82, 2.24) is 15.6 Å². The lowest BCUT2D eigenvalue weighted by molar-refractivity contribution is 0.224. The third kappa shape index (κ3) is 5.39. The first-order chi connectivity index (χ1) is 11.5. The molecule has 0 bridgehead atoms. The van der Waals surface area contributed by atoms with Gasteiger partial charge in [0.25, 0.3) is 0 Å². The van der Waals surface area contributed by atoms with Crippen LogP contribution in [0.3, 0.4) is 0 Å². The molecule has 0 aliphatic rings. The first-order valence-corrected chi connectivity index (χ1v) is 8.97. The van der Waals surface area contributed by atoms with E-state index in [1.807, 2.05) is 38.1 Å². The number of para-hydroxylation sites is 1. The van der Waals surface area contributed by atoms with Crippen molar-refractivity contribution in [3.05, 3.63) is 44.9 Å². The molecule has 0 amide bonds. The van der Waals surface area contributed by atoms with Gasteiger partial charge in [-0.15, -0.1) is 11.3 Å². The van der Waals surface area contributed by atoms with E-state index in [9.17, 15) is 0 Å². The first kappa shape index (κ1) is 18.5. The van der Waals surface area contributed by atoms with Crippen molar-refractivity contribution in [2.24, 2.45) is 4.99 Å². The standard InChI is InChI=1S/C17H23ClN4OS/c1-11(23-15-8-6-5-7-14(15)18)9-20-17(19-4)21-10-16-22-12(2)13(3)24-16/h5-8,11H,9-10H2,1-4H3,(H2,19,20,21). The van der Waals surface area contributed by atoms with E-state index in [0.29, 0.717) is 23.9 Å². The van der Waals surface area contributed by atoms with E-state index in [1.54, 1.807) is 18.4 Å². The van der Waals surface area contributed by atoms with Gasteiger partial charge in [-0.1, -0.05) is 23.7 Å². The Hall–Kier alpha value is -1.79. The number of benzene rings is 1. The van der Waals surface area contributed by atoms with E-state index in [2.05, 4.69) is 27.5 Å². The summed E-state index contributed by atoms with van der Waals surface area (Å²) >= 11 is 7.80. The molecule has 1 aromatic heterocycles. The van der Waals surface area contributed by atoms with Gasteiger partial charge in [-0.05, 0) is 32.9 Å². The fraction of sp³-hybridized carbons (Fsp3) is 0.412. The molecule has 24 heavy (non-hydrogen) atoms. The van der Waals surface area contributed by atoms with Gasteiger partial charge in [0.05, 0.1) is 23.8 Å². The molecule has 0 spiro atoms. The number of ether oxygens (including phenoxy) is 1. The Bertz CT molecular complexity index is 682.